The van der Waals surface area contributed by atoms with Crippen molar-refractivity contribution < 1.29 is 24.5 Å². The van der Waals surface area contributed by atoms with Crippen LogP contribution in [-0.4, -0.2) is 34.0 Å². The number of aliphatic hydroxyl groups is 1. The maximum Gasteiger partial charge on any atom is 0.307 e. The summed E-state index contributed by atoms with van der Waals surface area (Å²) in [6.07, 6.45) is -0.465. The van der Waals surface area contributed by atoms with Gasteiger partial charge in [-0.15, -0.1) is 0 Å². The van der Waals surface area contributed by atoms with E-state index in [1.165, 1.54) is 6.07 Å². The Labute approximate surface area is 219 Å². The summed E-state index contributed by atoms with van der Waals surface area (Å²) in [5.74, 6) is -1.12. The first-order valence-electron chi connectivity index (χ1n) is 11.5. The molecule has 0 spiro atoms. The number of carboxylic acids is 1. The highest BCUT2D eigenvalue weighted by Crippen LogP contribution is 2.29. The van der Waals surface area contributed by atoms with Gasteiger partial charge in [0.05, 0.1) is 24.7 Å². The fourth-order valence-corrected chi connectivity index (χ4v) is 3.88. The summed E-state index contributed by atoms with van der Waals surface area (Å²) in [6.45, 7) is 3.59. The number of carboxylic acid groups (broad SMARTS) is 1. The van der Waals surface area contributed by atoms with E-state index in [-0.39, 0.29) is 37.1 Å². The van der Waals surface area contributed by atoms with Crippen LogP contribution in [0.25, 0.3) is 0 Å². The number of amidine groups is 1. The number of carbonyl (C=O) groups is 2. The van der Waals surface area contributed by atoms with Crippen LogP contribution in [0, 0.1) is 5.41 Å². The van der Waals surface area contributed by atoms with E-state index in [4.69, 9.17) is 27.5 Å². The molecule has 0 aliphatic heterocycles. The van der Waals surface area contributed by atoms with Crippen molar-refractivity contribution in [1.82, 2.24) is 0 Å². The van der Waals surface area contributed by atoms with Gasteiger partial charge in [-0.3, -0.25) is 15.0 Å². The Morgan fingerprint density at radius 3 is 2.41 bits per heavy atom. The number of anilines is 2. The third-order valence-corrected chi connectivity index (χ3v) is 5.62. The van der Waals surface area contributed by atoms with Crippen LogP contribution in [0.2, 0.25) is 5.02 Å². The van der Waals surface area contributed by atoms with Crippen molar-refractivity contribution >= 4 is 40.7 Å². The number of benzene rings is 3. The lowest BCUT2D eigenvalue weighted by Gasteiger charge is -2.20. The molecule has 0 saturated carbocycles. The molecular formula is C27H29ClN4O5. The highest BCUT2D eigenvalue weighted by atomic mass is 35.5. The van der Waals surface area contributed by atoms with Gasteiger partial charge < -0.3 is 31.3 Å². The number of hydrogen-bond donors (Lipinski definition) is 6. The maximum absolute atomic E-state index is 13.1. The lowest BCUT2D eigenvalue weighted by molar-refractivity contribution is -0.136. The van der Waals surface area contributed by atoms with E-state index >= 15 is 0 Å². The Morgan fingerprint density at radius 1 is 1.11 bits per heavy atom. The molecule has 0 unspecified atom stereocenters. The average molecular weight is 525 g/mol. The molecule has 9 nitrogen and oxygen atoms in total. The zero-order valence-corrected chi connectivity index (χ0v) is 21.2. The van der Waals surface area contributed by atoms with Crippen LogP contribution < -0.4 is 21.1 Å². The summed E-state index contributed by atoms with van der Waals surface area (Å²) in [5, 5.41) is 33.1. The Kier molecular flexibility index (Phi) is 9.10. The van der Waals surface area contributed by atoms with Gasteiger partial charge in [0, 0.05) is 34.1 Å². The number of aliphatic carboxylic acids is 1. The molecule has 3 aromatic rings. The minimum absolute atomic E-state index is 0.0753. The topological polar surface area (TPSA) is 158 Å². The monoisotopic (exact) mass is 524 g/mol. The second-order valence-corrected chi connectivity index (χ2v) is 9.05. The van der Waals surface area contributed by atoms with Gasteiger partial charge >= 0.3 is 5.97 Å². The second kappa shape index (κ2) is 12.2. The molecule has 0 aliphatic carbocycles. The number of halogens is 1. The lowest BCUT2D eigenvalue weighted by Crippen LogP contribution is -2.17. The Balaban J connectivity index is 1.90. The van der Waals surface area contributed by atoms with Gasteiger partial charge in [0.2, 0.25) is 0 Å². The van der Waals surface area contributed by atoms with E-state index in [1.54, 1.807) is 48.5 Å². The van der Waals surface area contributed by atoms with Crippen LogP contribution in [-0.2, 0) is 24.4 Å². The van der Waals surface area contributed by atoms with Crippen LogP contribution in [0.1, 0.15) is 46.5 Å². The highest BCUT2D eigenvalue weighted by Gasteiger charge is 2.18. The van der Waals surface area contributed by atoms with E-state index in [2.05, 4.69) is 10.6 Å². The third-order valence-electron chi connectivity index (χ3n) is 5.38. The predicted molar refractivity (Wildman–Crippen MR) is 144 cm³/mol. The van der Waals surface area contributed by atoms with Crippen LogP contribution in [0.5, 0.6) is 5.75 Å². The van der Waals surface area contributed by atoms with Crippen molar-refractivity contribution in [2.24, 2.45) is 5.73 Å². The number of carbonyl (C=O) groups excluding carboxylic acids is 1. The molecule has 0 aromatic heterocycles. The number of nitrogen functional groups attached to an aromatic ring is 1. The Hall–Kier alpha value is -4.08. The first-order chi connectivity index (χ1) is 17.6. The molecule has 0 atom stereocenters. The van der Waals surface area contributed by atoms with E-state index in [9.17, 15) is 19.8 Å². The fourth-order valence-electron chi connectivity index (χ4n) is 3.71. The maximum atomic E-state index is 13.1. The van der Waals surface area contributed by atoms with E-state index in [1.807, 2.05) is 13.8 Å². The summed E-state index contributed by atoms with van der Waals surface area (Å²) in [4.78, 5) is 24.7. The highest BCUT2D eigenvalue weighted by molar-refractivity contribution is 6.31. The lowest BCUT2D eigenvalue weighted by atomic mass is 9.99. The molecule has 7 N–H and O–H groups in total. The molecule has 3 rings (SSSR count). The number of nitrogens with one attached hydrogen (secondary N) is 3. The van der Waals surface area contributed by atoms with Gasteiger partial charge in [0.25, 0.3) is 5.91 Å². The van der Waals surface area contributed by atoms with Crippen LogP contribution >= 0.6 is 11.6 Å². The molecule has 194 valence electrons. The number of amides is 1. The van der Waals surface area contributed by atoms with Gasteiger partial charge in [0.1, 0.15) is 11.6 Å². The quantitative estimate of drug-likeness (QED) is 0.160. The number of nitrogens with two attached hydrogens (primary N) is 1. The summed E-state index contributed by atoms with van der Waals surface area (Å²) in [7, 11) is 0. The van der Waals surface area contributed by atoms with Crippen LogP contribution in [0.3, 0.4) is 0 Å². The molecule has 0 bridgehead atoms. The SMILES string of the molecule is CC(C)Oc1cc(CO)cc(CNc2ccc(Cl)cc2C(=O)Nc2ccc(C(=N)N)cc2)c1CC(=O)O. The van der Waals surface area contributed by atoms with E-state index in [0.717, 1.165) is 0 Å². The predicted octanol–water partition coefficient (Wildman–Crippen LogP) is 4.40. The van der Waals surface area contributed by atoms with Crippen molar-refractivity contribution in [2.75, 3.05) is 10.6 Å². The number of rotatable bonds is 11. The normalized spacial score (nSPS) is 10.7. The van der Waals surface area contributed by atoms with Crippen molar-refractivity contribution in [3.8, 4) is 5.75 Å². The fraction of sp³-hybridized carbons (Fsp3) is 0.222. The van der Waals surface area contributed by atoms with E-state index < -0.39 is 11.9 Å². The standard InChI is InChI=1S/C27H29ClN4O5/c1-15(2)37-24-10-16(14-33)9-18(21(24)12-25(34)35)13-31-23-8-5-19(28)11-22(23)27(36)32-20-6-3-17(4-7-20)26(29)30/h3-11,15,31,33H,12-14H2,1-2H3,(H3,29,30)(H,32,36)(H,34,35). The molecular weight excluding hydrogens is 496 g/mol. The summed E-state index contributed by atoms with van der Waals surface area (Å²) < 4.78 is 5.84. The molecule has 0 fully saturated rings. The molecule has 0 radical (unpaired) electrons. The summed E-state index contributed by atoms with van der Waals surface area (Å²) >= 11 is 6.17. The van der Waals surface area contributed by atoms with Gasteiger partial charge in [0.15, 0.2) is 0 Å². The van der Waals surface area contributed by atoms with Crippen molar-refractivity contribution in [3.63, 3.8) is 0 Å². The van der Waals surface area contributed by atoms with Crippen LogP contribution in [0.4, 0.5) is 11.4 Å². The van der Waals surface area contributed by atoms with Crippen molar-refractivity contribution in [3.05, 3.63) is 87.4 Å². The van der Waals surface area contributed by atoms with Crippen molar-refractivity contribution in [1.29, 1.82) is 5.41 Å². The van der Waals surface area contributed by atoms with Gasteiger partial charge in [-0.25, -0.2) is 0 Å². The Bertz CT molecular complexity index is 1310. The minimum atomic E-state index is -1.02. The average Bonchev–Trinajstić information content (AvgIpc) is 2.84. The largest absolute Gasteiger partial charge is 0.491 e. The first-order valence-corrected chi connectivity index (χ1v) is 11.9. The van der Waals surface area contributed by atoms with Gasteiger partial charge in [-0.2, -0.15) is 0 Å². The number of ether oxygens (including phenoxy) is 1. The van der Waals surface area contributed by atoms with E-state index in [0.29, 0.717) is 44.4 Å². The molecule has 37 heavy (non-hydrogen) atoms. The van der Waals surface area contributed by atoms with Crippen molar-refractivity contribution in [2.45, 2.75) is 39.5 Å². The number of hydrogen-bond acceptors (Lipinski definition) is 6. The molecule has 0 heterocycles. The molecule has 1 amide bonds. The first kappa shape index (κ1) is 27.5. The van der Waals surface area contributed by atoms with Crippen LogP contribution in [0.15, 0.2) is 54.6 Å². The minimum Gasteiger partial charge on any atom is -0.491 e. The smallest absolute Gasteiger partial charge is 0.307 e. The summed E-state index contributed by atoms with van der Waals surface area (Å²) in [6, 6.07) is 14.7. The molecule has 10 heteroatoms. The van der Waals surface area contributed by atoms with Gasteiger partial charge in [-0.05, 0) is 73.5 Å². The zero-order valence-electron chi connectivity index (χ0n) is 20.5. The number of aliphatic hydroxyl groups excluding tert-OH is 1. The zero-order chi connectivity index (χ0) is 27.1. The second-order valence-electron chi connectivity index (χ2n) is 8.62. The Morgan fingerprint density at radius 2 is 1.81 bits per heavy atom. The molecule has 0 aliphatic rings. The van der Waals surface area contributed by atoms with Gasteiger partial charge in [-0.1, -0.05) is 17.7 Å². The summed E-state index contributed by atoms with van der Waals surface area (Å²) in [5.41, 5.74) is 8.95. The molecule has 0 saturated heterocycles. The third kappa shape index (κ3) is 7.45. The molecule has 3 aromatic carbocycles.